The second kappa shape index (κ2) is 5.41. The van der Waals surface area contributed by atoms with Crippen LogP contribution >= 0.6 is 31.9 Å². The van der Waals surface area contributed by atoms with E-state index in [-0.39, 0.29) is 0 Å². The zero-order valence-corrected chi connectivity index (χ0v) is 10.9. The molecule has 0 amide bonds. The van der Waals surface area contributed by atoms with Gasteiger partial charge in [0.05, 0.1) is 8.95 Å². The van der Waals surface area contributed by atoms with E-state index >= 15 is 0 Å². The normalized spacial score (nSPS) is 10.8. The van der Waals surface area contributed by atoms with Gasteiger partial charge < -0.3 is 10.5 Å². The summed E-state index contributed by atoms with van der Waals surface area (Å²) < 4.78 is 7.24. The molecule has 0 aliphatic rings. The van der Waals surface area contributed by atoms with E-state index in [0.717, 1.165) is 14.7 Å². The van der Waals surface area contributed by atoms with E-state index in [9.17, 15) is 0 Å². The highest BCUT2D eigenvalue weighted by atomic mass is 79.9. The number of hydrogen-bond donors (Lipinski definition) is 1. The predicted molar refractivity (Wildman–Crippen MR) is 66.6 cm³/mol. The van der Waals surface area contributed by atoms with Gasteiger partial charge in [0.2, 0.25) is 0 Å². The Morgan fingerprint density at radius 3 is 2.43 bits per heavy atom. The lowest BCUT2D eigenvalue weighted by Gasteiger charge is -2.09. The first-order chi connectivity index (χ1) is 6.65. The first kappa shape index (κ1) is 11.6. The van der Waals surface area contributed by atoms with Gasteiger partial charge >= 0.3 is 0 Å². The molecule has 0 heterocycles. The molecule has 14 heavy (non-hydrogen) atoms. The zero-order valence-electron chi connectivity index (χ0n) is 7.76. The molecule has 1 aromatic carbocycles. The van der Waals surface area contributed by atoms with Crippen LogP contribution in [-0.2, 0) is 0 Å². The minimum absolute atomic E-state index is 0.553. The molecule has 0 saturated heterocycles. The third-order valence-electron chi connectivity index (χ3n) is 1.58. The summed E-state index contributed by atoms with van der Waals surface area (Å²) in [4.78, 5) is 0. The van der Waals surface area contributed by atoms with Crippen molar-refractivity contribution in [1.82, 2.24) is 0 Å². The molecule has 2 N–H and O–H groups in total. The van der Waals surface area contributed by atoms with Crippen LogP contribution in [0.25, 0.3) is 0 Å². The monoisotopic (exact) mass is 319 g/mol. The quantitative estimate of drug-likeness (QED) is 0.680. The molecule has 2 nitrogen and oxygen atoms in total. The summed E-state index contributed by atoms with van der Waals surface area (Å²) in [5.41, 5.74) is 6.35. The van der Waals surface area contributed by atoms with Crippen molar-refractivity contribution in [2.24, 2.45) is 0 Å². The van der Waals surface area contributed by atoms with E-state index in [2.05, 4.69) is 31.9 Å². The fourth-order valence-corrected chi connectivity index (χ4v) is 2.40. The summed E-state index contributed by atoms with van der Waals surface area (Å²) in [6, 6.07) is 3.63. The van der Waals surface area contributed by atoms with Crippen molar-refractivity contribution >= 4 is 37.5 Å². The Balaban J connectivity index is 2.85. The maximum absolute atomic E-state index is 5.65. The second-order valence-corrected chi connectivity index (χ2v) is 4.40. The SMILES string of the molecule is C/C=C/COc1c(Br)cc(N)cc1Br. The van der Waals surface area contributed by atoms with E-state index in [1.807, 2.05) is 31.2 Å². The third-order valence-corrected chi connectivity index (χ3v) is 2.76. The molecule has 0 aliphatic heterocycles. The smallest absolute Gasteiger partial charge is 0.148 e. The fourth-order valence-electron chi connectivity index (χ4n) is 0.945. The number of nitrogens with two attached hydrogens (primary N) is 1. The molecule has 0 aromatic heterocycles. The molecule has 0 saturated carbocycles. The Morgan fingerprint density at radius 1 is 1.36 bits per heavy atom. The van der Waals surface area contributed by atoms with Crippen molar-refractivity contribution in [1.29, 1.82) is 0 Å². The first-order valence-electron chi connectivity index (χ1n) is 4.13. The van der Waals surface area contributed by atoms with Crippen molar-refractivity contribution in [3.8, 4) is 5.75 Å². The topological polar surface area (TPSA) is 35.2 Å². The van der Waals surface area contributed by atoms with Gasteiger partial charge in [0, 0.05) is 5.69 Å². The van der Waals surface area contributed by atoms with E-state index in [1.165, 1.54) is 0 Å². The molecule has 1 aromatic rings. The molecule has 0 atom stereocenters. The Morgan fingerprint density at radius 2 is 1.93 bits per heavy atom. The van der Waals surface area contributed by atoms with Crippen LogP contribution in [0.15, 0.2) is 33.2 Å². The summed E-state index contributed by atoms with van der Waals surface area (Å²) in [6.07, 6.45) is 3.88. The van der Waals surface area contributed by atoms with Crippen molar-refractivity contribution in [3.63, 3.8) is 0 Å². The summed E-state index contributed by atoms with van der Waals surface area (Å²) in [7, 11) is 0. The summed E-state index contributed by atoms with van der Waals surface area (Å²) in [5, 5.41) is 0. The van der Waals surface area contributed by atoms with Gasteiger partial charge in [0.1, 0.15) is 12.4 Å². The highest BCUT2D eigenvalue weighted by Crippen LogP contribution is 2.35. The van der Waals surface area contributed by atoms with Crippen molar-refractivity contribution < 1.29 is 4.74 Å². The van der Waals surface area contributed by atoms with Gasteiger partial charge in [-0.25, -0.2) is 0 Å². The number of ether oxygens (including phenoxy) is 1. The maximum Gasteiger partial charge on any atom is 0.148 e. The van der Waals surface area contributed by atoms with Gasteiger partial charge in [-0.05, 0) is 50.9 Å². The van der Waals surface area contributed by atoms with Crippen molar-refractivity contribution in [2.45, 2.75) is 6.92 Å². The van der Waals surface area contributed by atoms with Gasteiger partial charge in [-0.3, -0.25) is 0 Å². The largest absolute Gasteiger partial charge is 0.487 e. The van der Waals surface area contributed by atoms with Crippen LogP contribution in [0.4, 0.5) is 5.69 Å². The van der Waals surface area contributed by atoms with Crippen LogP contribution in [0.2, 0.25) is 0 Å². The Labute approximate surface area is 100 Å². The minimum atomic E-state index is 0.553. The highest BCUT2D eigenvalue weighted by molar-refractivity contribution is 9.11. The van der Waals surface area contributed by atoms with Crippen LogP contribution in [0.5, 0.6) is 5.75 Å². The van der Waals surface area contributed by atoms with Gasteiger partial charge in [-0.15, -0.1) is 0 Å². The van der Waals surface area contributed by atoms with E-state index in [1.54, 1.807) is 0 Å². The number of hydrogen-bond acceptors (Lipinski definition) is 2. The first-order valence-corrected chi connectivity index (χ1v) is 5.72. The zero-order chi connectivity index (χ0) is 10.6. The van der Waals surface area contributed by atoms with Crippen LogP contribution in [0.1, 0.15) is 6.92 Å². The number of allylic oxidation sites excluding steroid dienone is 1. The maximum atomic E-state index is 5.65. The van der Waals surface area contributed by atoms with Crippen molar-refractivity contribution in [2.75, 3.05) is 12.3 Å². The molecular weight excluding hydrogens is 310 g/mol. The lowest BCUT2D eigenvalue weighted by atomic mass is 10.3. The number of nitrogen functional groups attached to an aromatic ring is 1. The van der Waals surface area contributed by atoms with Crippen molar-refractivity contribution in [3.05, 3.63) is 33.2 Å². The molecule has 0 radical (unpaired) electrons. The van der Waals surface area contributed by atoms with Gasteiger partial charge in [0.25, 0.3) is 0 Å². The summed E-state index contributed by atoms with van der Waals surface area (Å²) >= 11 is 6.78. The third kappa shape index (κ3) is 3.03. The average molecular weight is 321 g/mol. The fraction of sp³-hybridized carbons (Fsp3) is 0.200. The lowest BCUT2D eigenvalue weighted by molar-refractivity contribution is 0.358. The molecule has 0 spiro atoms. The number of anilines is 1. The molecule has 0 aliphatic carbocycles. The van der Waals surface area contributed by atoms with Crippen LogP contribution < -0.4 is 10.5 Å². The summed E-state index contributed by atoms with van der Waals surface area (Å²) in [5.74, 6) is 0.775. The predicted octanol–water partition coefficient (Wildman–Crippen LogP) is 3.75. The van der Waals surface area contributed by atoms with Gasteiger partial charge in [0.15, 0.2) is 0 Å². The number of benzene rings is 1. The number of rotatable bonds is 3. The van der Waals surface area contributed by atoms with E-state index < -0.39 is 0 Å². The van der Waals surface area contributed by atoms with Gasteiger partial charge in [-0.1, -0.05) is 12.2 Å². The second-order valence-electron chi connectivity index (χ2n) is 2.69. The minimum Gasteiger partial charge on any atom is -0.487 e. The Hall–Kier alpha value is -0.480. The highest BCUT2D eigenvalue weighted by Gasteiger charge is 2.06. The lowest BCUT2D eigenvalue weighted by Crippen LogP contribution is -1.96. The number of halogens is 2. The molecule has 0 unspecified atom stereocenters. The molecule has 0 bridgehead atoms. The molecule has 1 rings (SSSR count). The molecule has 4 heteroatoms. The Kier molecular flexibility index (Phi) is 4.48. The van der Waals surface area contributed by atoms with Crippen LogP contribution in [-0.4, -0.2) is 6.61 Å². The average Bonchev–Trinajstić information content (AvgIpc) is 2.09. The van der Waals surface area contributed by atoms with Crippen LogP contribution in [0, 0.1) is 0 Å². The standard InChI is InChI=1S/C10H11Br2NO/c1-2-3-4-14-10-8(11)5-7(13)6-9(10)12/h2-3,5-6H,4,13H2,1H3/b3-2+. The Bertz CT molecular complexity index is 327. The molecular formula is C10H11Br2NO. The van der Waals surface area contributed by atoms with E-state index in [4.69, 9.17) is 10.5 Å². The van der Waals surface area contributed by atoms with Crippen LogP contribution in [0.3, 0.4) is 0 Å². The van der Waals surface area contributed by atoms with E-state index in [0.29, 0.717) is 12.3 Å². The molecule has 0 fully saturated rings. The summed E-state index contributed by atoms with van der Waals surface area (Å²) in [6.45, 7) is 2.51. The van der Waals surface area contributed by atoms with Gasteiger partial charge in [-0.2, -0.15) is 0 Å². The molecule has 76 valence electrons.